The number of nitrogens with two attached hydrogens (primary N) is 1. The van der Waals surface area contributed by atoms with Gasteiger partial charge in [0.05, 0.1) is 6.04 Å². The average Bonchev–Trinajstić information content (AvgIpc) is 2.41. The number of pyridine rings is 1. The molecule has 2 rings (SSSR count). The smallest absolute Gasteiger partial charge is 0.237 e. The van der Waals surface area contributed by atoms with Crippen LogP contribution in [0.5, 0.6) is 0 Å². The molecule has 3 N–H and O–H groups in total. The number of amides is 1. The summed E-state index contributed by atoms with van der Waals surface area (Å²) >= 11 is 0. The maximum absolute atomic E-state index is 11.9. The number of aromatic nitrogens is 1. The summed E-state index contributed by atoms with van der Waals surface area (Å²) in [6.07, 6.45) is 4.84. The van der Waals surface area contributed by atoms with Crippen LogP contribution in [0.1, 0.15) is 24.8 Å². The minimum Gasteiger partial charge on any atom is -0.383 e. The van der Waals surface area contributed by atoms with E-state index in [4.69, 9.17) is 5.73 Å². The molecule has 0 spiro atoms. The van der Waals surface area contributed by atoms with Gasteiger partial charge in [0, 0.05) is 25.4 Å². The summed E-state index contributed by atoms with van der Waals surface area (Å²) in [6, 6.07) is 3.81. The summed E-state index contributed by atoms with van der Waals surface area (Å²) in [5, 5.41) is 2.74. The van der Waals surface area contributed by atoms with E-state index in [0.29, 0.717) is 12.4 Å². The second kappa shape index (κ2) is 5.82. The Labute approximate surface area is 107 Å². The van der Waals surface area contributed by atoms with Crippen molar-refractivity contribution >= 4 is 11.7 Å². The summed E-state index contributed by atoms with van der Waals surface area (Å²) in [5.41, 5.74) is 6.85. The SMILES string of the molecule is CNC(=O)C1CCCCN1Cc1cccnc1N. The molecule has 1 aromatic heterocycles. The highest BCUT2D eigenvalue weighted by atomic mass is 16.2. The largest absolute Gasteiger partial charge is 0.383 e. The molecule has 0 aromatic carbocycles. The minimum atomic E-state index is -0.0386. The van der Waals surface area contributed by atoms with Crippen LogP contribution in [-0.2, 0) is 11.3 Å². The van der Waals surface area contributed by atoms with Crippen LogP contribution in [0.3, 0.4) is 0 Å². The first-order valence-corrected chi connectivity index (χ1v) is 6.37. The lowest BCUT2D eigenvalue weighted by atomic mass is 10.0. The summed E-state index contributed by atoms with van der Waals surface area (Å²) in [7, 11) is 1.69. The molecule has 0 radical (unpaired) electrons. The molecule has 0 saturated carbocycles. The molecule has 1 saturated heterocycles. The van der Waals surface area contributed by atoms with E-state index in [0.717, 1.165) is 31.4 Å². The molecule has 18 heavy (non-hydrogen) atoms. The van der Waals surface area contributed by atoms with Gasteiger partial charge < -0.3 is 11.1 Å². The number of hydrogen-bond donors (Lipinski definition) is 2. The van der Waals surface area contributed by atoms with Crippen molar-refractivity contribution in [3.05, 3.63) is 23.9 Å². The van der Waals surface area contributed by atoms with E-state index in [2.05, 4.69) is 15.2 Å². The van der Waals surface area contributed by atoms with Crippen LogP contribution in [0.2, 0.25) is 0 Å². The molecule has 5 nitrogen and oxygen atoms in total. The molecule has 2 heterocycles. The topological polar surface area (TPSA) is 71.2 Å². The standard InChI is InChI=1S/C13H20N4O/c1-15-13(18)11-6-2-3-8-17(11)9-10-5-4-7-16-12(10)14/h4-5,7,11H,2-3,6,8-9H2,1H3,(H2,14,16)(H,15,18). The first-order valence-electron chi connectivity index (χ1n) is 6.37. The number of anilines is 1. The monoisotopic (exact) mass is 248 g/mol. The van der Waals surface area contributed by atoms with Gasteiger partial charge in [0.1, 0.15) is 5.82 Å². The van der Waals surface area contributed by atoms with Gasteiger partial charge in [-0.25, -0.2) is 4.98 Å². The Morgan fingerprint density at radius 2 is 2.44 bits per heavy atom. The number of rotatable bonds is 3. The Morgan fingerprint density at radius 3 is 3.17 bits per heavy atom. The van der Waals surface area contributed by atoms with Gasteiger partial charge in [-0.05, 0) is 25.5 Å². The number of hydrogen-bond acceptors (Lipinski definition) is 4. The van der Waals surface area contributed by atoms with Crippen LogP contribution in [0.4, 0.5) is 5.82 Å². The van der Waals surface area contributed by atoms with Crippen molar-refractivity contribution in [3.63, 3.8) is 0 Å². The summed E-state index contributed by atoms with van der Waals surface area (Å²) in [6.45, 7) is 1.63. The van der Waals surface area contributed by atoms with E-state index < -0.39 is 0 Å². The minimum absolute atomic E-state index is 0.0386. The quantitative estimate of drug-likeness (QED) is 0.828. The number of nitrogen functional groups attached to an aromatic ring is 1. The summed E-state index contributed by atoms with van der Waals surface area (Å²) < 4.78 is 0. The maximum atomic E-state index is 11.9. The number of carbonyl (C=O) groups is 1. The Balaban J connectivity index is 2.10. The third-order valence-corrected chi connectivity index (χ3v) is 3.46. The first kappa shape index (κ1) is 12.8. The van der Waals surface area contributed by atoms with Gasteiger partial charge in [-0.15, -0.1) is 0 Å². The third kappa shape index (κ3) is 2.79. The molecule has 0 bridgehead atoms. The van der Waals surface area contributed by atoms with Gasteiger partial charge >= 0.3 is 0 Å². The van der Waals surface area contributed by atoms with Crippen molar-refractivity contribution < 1.29 is 4.79 Å². The van der Waals surface area contributed by atoms with Crippen LogP contribution < -0.4 is 11.1 Å². The number of likely N-dealkylation sites (N-methyl/N-ethyl adjacent to an activating group) is 1. The lowest BCUT2D eigenvalue weighted by Gasteiger charge is -2.34. The molecule has 1 atom stereocenters. The van der Waals surface area contributed by atoms with Crippen molar-refractivity contribution in [1.29, 1.82) is 0 Å². The first-order chi connectivity index (χ1) is 8.72. The van der Waals surface area contributed by atoms with E-state index in [1.165, 1.54) is 0 Å². The second-order valence-corrected chi connectivity index (χ2v) is 4.64. The Bertz CT molecular complexity index is 421. The highest BCUT2D eigenvalue weighted by Gasteiger charge is 2.28. The molecule has 0 aliphatic carbocycles. The number of likely N-dealkylation sites (tertiary alicyclic amines) is 1. The fourth-order valence-electron chi connectivity index (χ4n) is 2.45. The fourth-order valence-corrected chi connectivity index (χ4v) is 2.45. The van der Waals surface area contributed by atoms with Gasteiger partial charge in [-0.1, -0.05) is 12.5 Å². The van der Waals surface area contributed by atoms with Crippen molar-refractivity contribution in [2.75, 3.05) is 19.3 Å². The maximum Gasteiger partial charge on any atom is 0.237 e. The lowest BCUT2D eigenvalue weighted by molar-refractivity contribution is -0.127. The number of nitrogens with zero attached hydrogens (tertiary/aromatic N) is 2. The molecule has 1 aliphatic rings. The van der Waals surface area contributed by atoms with E-state index >= 15 is 0 Å². The molecular formula is C13H20N4O. The van der Waals surface area contributed by atoms with Gasteiger partial charge in [-0.3, -0.25) is 9.69 Å². The van der Waals surface area contributed by atoms with Crippen LogP contribution in [-0.4, -0.2) is 35.4 Å². The number of piperidine rings is 1. The third-order valence-electron chi connectivity index (χ3n) is 3.46. The van der Waals surface area contributed by atoms with Crippen molar-refractivity contribution in [1.82, 2.24) is 15.2 Å². The van der Waals surface area contributed by atoms with Crippen molar-refractivity contribution in [2.24, 2.45) is 0 Å². The molecule has 1 aliphatic heterocycles. The average molecular weight is 248 g/mol. The Kier molecular flexibility index (Phi) is 4.15. The predicted octanol–water partition coefficient (Wildman–Crippen LogP) is 0.764. The van der Waals surface area contributed by atoms with Crippen LogP contribution in [0, 0.1) is 0 Å². The van der Waals surface area contributed by atoms with E-state index in [1.54, 1.807) is 13.2 Å². The zero-order valence-electron chi connectivity index (χ0n) is 10.7. The molecule has 98 valence electrons. The molecule has 1 amide bonds. The van der Waals surface area contributed by atoms with Crippen molar-refractivity contribution in [3.8, 4) is 0 Å². The van der Waals surface area contributed by atoms with E-state index in [1.807, 2.05) is 12.1 Å². The molecule has 1 aromatic rings. The second-order valence-electron chi connectivity index (χ2n) is 4.64. The highest BCUT2D eigenvalue weighted by molar-refractivity contribution is 5.81. The number of carbonyl (C=O) groups excluding carboxylic acids is 1. The predicted molar refractivity (Wildman–Crippen MR) is 70.8 cm³/mol. The zero-order chi connectivity index (χ0) is 13.0. The molecule has 5 heteroatoms. The van der Waals surface area contributed by atoms with Crippen molar-refractivity contribution in [2.45, 2.75) is 31.8 Å². The van der Waals surface area contributed by atoms with Crippen LogP contribution in [0.25, 0.3) is 0 Å². The van der Waals surface area contributed by atoms with Gasteiger partial charge in [-0.2, -0.15) is 0 Å². The van der Waals surface area contributed by atoms with E-state index in [-0.39, 0.29) is 11.9 Å². The van der Waals surface area contributed by atoms with Gasteiger partial charge in [0.15, 0.2) is 0 Å². The molecular weight excluding hydrogens is 228 g/mol. The lowest BCUT2D eigenvalue weighted by Crippen LogP contribution is -2.48. The van der Waals surface area contributed by atoms with Gasteiger partial charge in [0.25, 0.3) is 0 Å². The number of nitrogens with one attached hydrogen (secondary N) is 1. The Hall–Kier alpha value is -1.62. The van der Waals surface area contributed by atoms with Crippen LogP contribution in [0.15, 0.2) is 18.3 Å². The Morgan fingerprint density at radius 1 is 1.61 bits per heavy atom. The fraction of sp³-hybridized carbons (Fsp3) is 0.538. The van der Waals surface area contributed by atoms with Crippen LogP contribution >= 0.6 is 0 Å². The van der Waals surface area contributed by atoms with Gasteiger partial charge in [0.2, 0.25) is 5.91 Å². The summed E-state index contributed by atoms with van der Waals surface area (Å²) in [4.78, 5) is 18.1. The molecule has 1 fully saturated rings. The highest BCUT2D eigenvalue weighted by Crippen LogP contribution is 2.21. The normalized spacial score (nSPS) is 20.6. The molecule has 1 unspecified atom stereocenters. The zero-order valence-corrected chi connectivity index (χ0v) is 10.7. The van der Waals surface area contributed by atoms with E-state index in [9.17, 15) is 4.79 Å². The summed E-state index contributed by atoms with van der Waals surface area (Å²) in [5.74, 6) is 0.649.